The summed E-state index contributed by atoms with van der Waals surface area (Å²) in [6.07, 6.45) is 0. The van der Waals surface area contributed by atoms with E-state index in [1.807, 2.05) is 6.07 Å². The highest BCUT2D eigenvalue weighted by Crippen LogP contribution is 2.16. The second kappa shape index (κ2) is 6.95. The Kier molecular flexibility index (Phi) is 6.50. The second-order valence-corrected chi connectivity index (χ2v) is 5.74. The maximum Gasteiger partial charge on any atom is 0.273 e. The second-order valence-electron chi connectivity index (χ2n) is 3.97. The lowest BCUT2D eigenvalue weighted by Gasteiger charge is -2.15. The monoisotopic (exact) mass is 325 g/mol. The van der Waals surface area contributed by atoms with Gasteiger partial charge in [0.25, 0.3) is 5.92 Å². The third-order valence-corrected chi connectivity index (χ3v) is 3.85. The van der Waals surface area contributed by atoms with E-state index in [-0.39, 0.29) is 17.3 Å². The maximum atomic E-state index is 12.9. The minimum absolute atomic E-state index is 0. The van der Waals surface area contributed by atoms with Gasteiger partial charge in [-0.2, -0.15) is 5.26 Å². The van der Waals surface area contributed by atoms with E-state index in [0.717, 1.165) is 0 Å². The molecule has 0 aliphatic rings. The molecule has 1 aromatic rings. The summed E-state index contributed by atoms with van der Waals surface area (Å²) in [5.74, 6) is -3.30. The normalized spacial score (nSPS) is 11.6. The van der Waals surface area contributed by atoms with E-state index in [4.69, 9.17) is 11.0 Å². The summed E-state index contributed by atoms with van der Waals surface area (Å²) >= 11 is 0. The minimum Gasteiger partial charge on any atom is -0.325 e. The lowest BCUT2D eigenvalue weighted by Crippen LogP contribution is -2.41. The van der Waals surface area contributed by atoms with E-state index >= 15 is 0 Å². The summed E-state index contributed by atoms with van der Waals surface area (Å²) in [6.45, 7) is -0.446. The van der Waals surface area contributed by atoms with Gasteiger partial charge in [0.2, 0.25) is 10.0 Å². The van der Waals surface area contributed by atoms with Crippen LogP contribution in [0.3, 0.4) is 0 Å². The molecule has 0 saturated carbocycles. The zero-order chi connectivity index (χ0) is 14.7. The zero-order valence-electron chi connectivity index (χ0n) is 10.6. The van der Waals surface area contributed by atoms with Gasteiger partial charge in [0, 0.05) is 0 Å². The van der Waals surface area contributed by atoms with Crippen LogP contribution in [0.1, 0.15) is 11.1 Å². The van der Waals surface area contributed by atoms with E-state index in [2.05, 4.69) is 0 Å². The first kappa shape index (κ1) is 18.7. The molecule has 0 aromatic heterocycles. The Morgan fingerprint density at radius 2 is 2.05 bits per heavy atom. The molecule has 0 aliphatic heterocycles. The van der Waals surface area contributed by atoms with Gasteiger partial charge < -0.3 is 5.73 Å². The molecule has 1 rings (SSSR count). The van der Waals surface area contributed by atoms with Crippen molar-refractivity contribution in [2.75, 3.05) is 13.1 Å². The van der Waals surface area contributed by atoms with Gasteiger partial charge >= 0.3 is 0 Å². The van der Waals surface area contributed by atoms with Gasteiger partial charge in [-0.25, -0.2) is 21.9 Å². The van der Waals surface area contributed by atoms with Crippen LogP contribution >= 0.6 is 12.4 Å². The van der Waals surface area contributed by atoms with Crippen molar-refractivity contribution in [1.29, 1.82) is 5.26 Å². The molecule has 0 amide bonds. The summed E-state index contributed by atoms with van der Waals surface area (Å²) in [5.41, 5.74) is 5.60. The first-order valence-electron chi connectivity index (χ1n) is 5.30. The van der Waals surface area contributed by atoms with Crippen LogP contribution in [0, 0.1) is 18.3 Å². The predicted octanol–water partition coefficient (Wildman–Crippen LogP) is 1.16. The summed E-state index contributed by atoms with van der Waals surface area (Å²) in [7, 11) is -4.05. The van der Waals surface area contributed by atoms with E-state index < -0.39 is 29.0 Å². The molecule has 20 heavy (non-hydrogen) atoms. The number of nitrogens with one attached hydrogen (secondary N) is 1. The largest absolute Gasteiger partial charge is 0.325 e. The molecule has 0 aliphatic carbocycles. The molecule has 3 N–H and O–H groups in total. The highest BCUT2D eigenvalue weighted by Gasteiger charge is 2.29. The highest BCUT2D eigenvalue weighted by atomic mass is 35.5. The Hall–Kier alpha value is -1.27. The van der Waals surface area contributed by atoms with Crippen molar-refractivity contribution >= 4 is 22.4 Å². The number of hydrogen-bond donors (Lipinski definition) is 2. The van der Waals surface area contributed by atoms with E-state index in [1.54, 1.807) is 11.6 Å². The number of nitrogens with zero attached hydrogens (tertiary/aromatic N) is 1. The number of benzene rings is 1. The van der Waals surface area contributed by atoms with Crippen LogP contribution in [0.15, 0.2) is 23.1 Å². The molecular weight excluding hydrogens is 312 g/mol. The summed E-state index contributed by atoms with van der Waals surface area (Å²) in [5, 5.41) is 8.73. The SMILES string of the molecule is Cc1cc(S(=O)(=O)NCC(F)(F)CN)ccc1C#N.Cl. The van der Waals surface area contributed by atoms with Gasteiger partial charge in [-0.1, -0.05) is 0 Å². The highest BCUT2D eigenvalue weighted by molar-refractivity contribution is 7.89. The number of sulfonamides is 1. The van der Waals surface area contributed by atoms with Crippen molar-refractivity contribution < 1.29 is 17.2 Å². The molecule has 9 heteroatoms. The Morgan fingerprint density at radius 3 is 2.50 bits per heavy atom. The number of hydrogen-bond acceptors (Lipinski definition) is 4. The van der Waals surface area contributed by atoms with Crippen molar-refractivity contribution in [3.8, 4) is 6.07 Å². The Morgan fingerprint density at radius 1 is 1.45 bits per heavy atom. The lowest BCUT2D eigenvalue weighted by molar-refractivity contribution is 0.0170. The first-order valence-corrected chi connectivity index (χ1v) is 6.78. The third-order valence-electron chi connectivity index (χ3n) is 2.45. The lowest BCUT2D eigenvalue weighted by atomic mass is 10.1. The molecule has 0 bridgehead atoms. The minimum atomic E-state index is -4.05. The standard InChI is InChI=1S/C11H13F2N3O2S.ClH/c1-8-4-10(3-2-9(8)5-14)19(17,18)16-7-11(12,13)6-15;/h2-4,16H,6-7,15H2,1H3;1H. The van der Waals surface area contributed by atoms with Crippen molar-refractivity contribution in [2.24, 2.45) is 5.73 Å². The average Bonchev–Trinajstić information content (AvgIpc) is 2.36. The van der Waals surface area contributed by atoms with Gasteiger partial charge in [0.05, 0.1) is 29.6 Å². The number of nitrogens with two attached hydrogens (primary N) is 1. The van der Waals surface area contributed by atoms with Gasteiger partial charge in [0.15, 0.2) is 0 Å². The number of aryl methyl sites for hydroxylation is 1. The summed E-state index contributed by atoms with van der Waals surface area (Å²) < 4.78 is 51.2. The van der Waals surface area contributed by atoms with Gasteiger partial charge in [-0.15, -0.1) is 12.4 Å². The number of alkyl halides is 2. The van der Waals surface area contributed by atoms with Crippen LogP contribution < -0.4 is 10.5 Å². The van der Waals surface area contributed by atoms with Crippen LogP contribution in [-0.2, 0) is 10.0 Å². The summed E-state index contributed by atoms with van der Waals surface area (Å²) in [4.78, 5) is -0.170. The molecule has 1 aromatic carbocycles. The molecule has 5 nitrogen and oxygen atoms in total. The van der Waals surface area contributed by atoms with Crippen LogP contribution in [0.25, 0.3) is 0 Å². The Bertz CT molecular complexity index is 615. The van der Waals surface area contributed by atoms with Gasteiger partial charge in [-0.3, -0.25) is 0 Å². The Labute approximate surface area is 122 Å². The quantitative estimate of drug-likeness (QED) is 0.849. The molecule has 0 heterocycles. The van der Waals surface area contributed by atoms with Gasteiger partial charge in [-0.05, 0) is 30.7 Å². The third kappa shape index (κ3) is 4.68. The molecule has 0 atom stereocenters. The van der Waals surface area contributed by atoms with Crippen LogP contribution in [-0.4, -0.2) is 27.4 Å². The Balaban J connectivity index is 0.00000361. The fourth-order valence-corrected chi connectivity index (χ4v) is 2.43. The topological polar surface area (TPSA) is 96.0 Å². The number of nitriles is 1. The average molecular weight is 326 g/mol. The van der Waals surface area contributed by atoms with Crippen LogP contribution in [0.5, 0.6) is 0 Å². The van der Waals surface area contributed by atoms with Crippen molar-refractivity contribution in [3.05, 3.63) is 29.3 Å². The molecule has 0 unspecified atom stereocenters. The molecule has 0 fully saturated rings. The fraction of sp³-hybridized carbons (Fsp3) is 0.364. The summed E-state index contributed by atoms with van der Waals surface area (Å²) in [6, 6.07) is 5.65. The predicted molar refractivity (Wildman–Crippen MR) is 72.3 cm³/mol. The van der Waals surface area contributed by atoms with Crippen molar-refractivity contribution in [2.45, 2.75) is 17.7 Å². The molecular formula is C11H14ClF2N3O2S. The van der Waals surface area contributed by atoms with Crippen molar-refractivity contribution in [3.63, 3.8) is 0 Å². The maximum absolute atomic E-state index is 12.9. The number of rotatable bonds is 5. The number of halogens is 3. The first-order chi connectivity index (χ1) is 8.72. The molecule has 0 saturated heterocycles. The van der Waals surface area contributed by atoms with Crippen LogP contribution in [0.4, 0.5) is 8.78 Å². The van der Waals surface area contributed by atoms with Crippen molar-refractivity contribution in [1.82, 2.24) is 4.72 Å². The van der Waals surface area contributed by atoms with E-state index in [9.17, 15) is 17.2 Å². The molecule has 0 spiro atoms. The van der Waals surface area contributed by atoms with E-state index in [1.165, 1.54) is 18.2 Å². The van der Waals surface area contributed by atoms with E-state index in [0.29, 0.717) is 11.1 Å². The smallest absolute Gasteiger partial charge is 0.273 e. The fourth-order valence-electron chi connectivity index (χ4n) is 1.28. The zero-order valence-corrected chi connectivity index (χ0v) is 12.2. The van der Waals surface area contributed by atoms with Gasteiger partial charge in [0.1, 0.15) is 0 Å². The molecule has 112 valence electrons. The van der Waals surface area contributed by atoms with Crippen LogP contribution in [0.2, 0.25) is 0 Å². The molecule has 0 radical (unpaired) electrons.